The smallest absolute Gasteiger partial charge is 0.125 e. The normalized spacial score (nSPS) is 17.7. The summed E-state index contributed by atoms with van der Waals surface area (Å²) in [7, 11) is 1.70. The van der Waals surface area contributed by atoms with Gasteiger partial charge in [0.25, 0.3) is 0 Å². The molecule has 1 aliphatic rings. The molecule has 92 valence electrons. The molecule has 0 spiro atoms. The summed E-state index contributed by atoms with van der Waals surface area (Å²) in [5, 5.41) is 6.97. The first-order valence-corrected chi connectivity index (χ1v) is 6.09. The van der Waals surface area contributed by atoms with Crippen molar-refractivity contribution in [1.29, 1.82) is 0 Å². The molecule has 0 aliphatic carbocycles. The molecule has 3 nitrogen and oxygen atoms in total. The third-order valence-corrected chi connectivity index (χ3v) is 3.26. The van der Waals surface area contributed by atoms with Gasteiger partial charge in [0.15, 0.2) is 0 Å². The first kappa shape index (κ1) is 11.1. The van der Waals surface area contributed by atoms with Crippen molar-refractivity contribution in [1.82, 2.24) is 5.32 Å². The Hall–Kier alpha value is -2.00. The molecule has 0 saturated carbocycles. The van der Waals surface area contributed by atoms with Gasteiger partial charge in [0.1, 0.15) is 11.9 Å². The minimum atomic E-state index is 0.0936. The zero-order chi connectivity index (χ0) is 12.4. The summed E-state index contributed by atoms with van der Waals surface area (Å²) in [5.41, 5.74) is 3.62. The van der Waals surface area contributed by atoms with Crippen LogP contribution in [0.15, 0.2) is 48.5 Å². The summed E-state index contributed by atoms with van der Waals surface area (Å²) in [5.74, 6) is 0.905. The first-order chi connectivity index (χ1) is 8.88. The van der Waals surface area contributed by atoms with E-state index in [1.165, 1.54) is 11.3 Å². The fraction of sp³-hybridized carbons (Fsp3) is 0.200. The van der Waals surface area contributed by atoms with E-state index < -0.39 is 0 Å². The van der Waals surface area contributed by atoms with Gasteiger partial charge < -0.3 is 10.1 Å². The average Bonchev–Trinajstić information content (AvgIpc) is 2.46. The minimum Gasteiger partial charge on any atom is -0.496 e. The van der Waals surface area contributed by atoms with Crippen molar-refractivity contribution < 1.29 is 4.74 Å². The number of ether oxygens (including phenoxy) is 1. The Balaban J connectivity index is 1.92. The number of rotatable bonds is 2. The number of methoxy groups -OCH3 is 1. The van der Waals surface area contributed by atoms with Gasteiger partial charge >= 0.3 is 0 Å². The number of hydrogen-bond donors (Lipinski definition) is 2. The molecule has 2 aromatic carbocycles. The molecule has 0 unspecified atom stereocenters. The largest absolute Gasteiger partial charge is 0.496 e. The van der Waals surface area contributed by atoms with Crippen LogP contribution in [0, 0.1) is 0 Å². The third kappa shape index (κ3) is 1.93. The highest BCUT2D eigenvalue weighted by atomic mass is 16.5. The van der Waals surface area contributed by atoms with Crippen LogP contribution >= 0.6 is 0 Å². The number of benzene rings is 2. The maximum Gasteiger partial charge on any atom is 0.125 e. The molecule has 0 aromatic heterocycles. The van der Waals surface area contributed by atoms with E-state index in [2.05, 4.69) is 41.0 Å². The number of nitrogens with one attached hydrogen (secondary N) is 2. The number of para-hydroxylation sites is 2. The molecule has 0 radical (unpaired) electrons. The molecule has 1 aliphatic heterocycles. The van der Waals surface area contributed by atoms with E-state index in [1.807, 2.05) is 18.2 Å². The average molecular weight is 240 g/mol. The molecule has 2 aromatic rings. The second kappa shape index (κ2) is 4.70. The van der Waals surface area contributed by atoms with Crippen LogP contribution in [0.25, 0.3) is 0 Å². The topological polar surface area (TPSA) is 33.3 Å². The highest BCUT2D eigenvalue weighted by Gasteiger charge is 2.20. The monoisotopic (exact) mass is 240 g/mol. The Morgan fingerprint density at radius 3 is 2.72 bits per heavy atom. The second-order valence-corrected chi connectivity index (χ2v) is 4.36. The van der Waals surface area contributed by atoms with Gasteiger partial charge in [-0.15, -0.1) is 0 Å². The Morgan fingerprint density at radius 1 is 1.06 bits per heavy atom. The van der Waals surface area contributed by atoms with E-state index in [-0.39, 0.29) is 6.17 Å². The summed E-state index contributed by atoms with van der Waals surface area (Å²) in [6.07, 6.45) is 0.0936. The number of fused-ring (bicyclic) bond motifs is 1. The number of hydrogen-bond acceptors (Lipinski definition) is 3. The predicted octanol–water partition coefficient (Wildman–Crippen LogP) is 2.91. The minimum absolute atomic E-state index is 0.0936. The molecule has 3 heteroatoms. The van der Waals surface area contributed by atoms with Crippen LogP contribution in [0.3, 0.4) is 0 Å². The van der Waals surface area contributed by atoms with Gasteiger partial charge in [0.2, 0.25) is 0 Å². The summed E-state index contributed by atoms with van der Waals surface area (Å²) < 4.78 is 5.41. The lowest BCUT2D eigenvalue weighted by Crippen LogP contribution is -2.32. The molecular weight excluding hydrogens is 224 g/mol. The van der Waals surface area contributed by atoms with E-state index in [1.54, 1.807) is 7.11 Å². The van der Waals surface area contributed by atoms with Crippen LogP contribution in [-0.2, 0) is 6.54 Å². The lowest BCUT2D eigenvalue weighted by Gasteiger charge is -2.29. The molecular formula is C15H16N2O. The lowest BCUT2D eigenvalue weighted by atomic mass is 10.1. The van der Waals surface area contributed by atoms with Gasteiger partial charge in [-0.3, -0.25) is 5.32 Å². The van der Waals surface area contributed by atoms with E-state index in [0.717, 1.165) is 17.9 Å². The molecule has 0 fully saturated rings. The Bertz CT molecular complexity index is 554. The van der Waals surface area contributed by atoms with Crippen LogP contribution in [0.4, 0.5) is 5.69 Å². The van der Waals surface area contributed by atoms with E-state index >= 15 is 0 Å². The van der Waals surface area contributed by atoms with Gasteiger partial charge in [0.05, 0.1) is 7.11 Å². The molecule has 0 amide bonds. The van der Waals surface area contributed by atoms with Crippen molar-refractivity contribution >= 4 is 5.69 Å². The van der Waals surface area contributed by atoms with Crippen molar-refractivity contribution in [2.24, 2.45) is 0 Å². The van der Waals surface area contributed by atoms with E-state index in [9.17, 15) is 0 Å². The summed E-state index contributed by atoms with van der Waals surface area (Å²) in [6.45, 7) is 0.867. The third-order valence-electron chi connectivity index (χ3n) is 3.26. The maximum atomic E-state index is 5.41. The first-order valence-electron chi connectivity index (χ1n) is 6.09. The van der Waals surface area contributed by atoms with Crippen molar-refractivity contribution in [3.8, 4) is 5.75 Å². The van der Waals surface area contributed by atoms with E-state index in [0.29, 0.717) is 0 Å². The highest BCUT2D eigenvalue weighted by molar-refractivity contribution is 5.55. The molecule has 0 saturated heterocycles. The Labute approximate surface area is 107 Å². The zero-order valence-corrected chi connectivity index (χ0v) is 10.3. The van der Waals surface area contributed by atoms with Crippen molar-refractivity contribution in [3.63, 3.8) is 0 Å². The van der Waals surface area contributed by atoms with Crippen LogP contribution in [-0.4, -0.2) is 7.11 Å². The van der Waals surface area contributed by atoms with Crippen LogP contribution in [0.2, 0.25) is 0 Å². The van der Waals surface area contributed by atoms with Gasteiger partial charge in [-0.2, -0.15) is 0 Å². The lowest BCUT2D eigenvalue weighted by molar-refractivity contribution is 0.401. The van der Waals surface area contributed by atoms with Crippen LogP contribution in [0.1, 0.15) is 17.3 Å². The van der Waals surface area contributed by atoms with Crippen LogP contribution < -0.4 is 15.4 Å². The van der Waals surface area contributed by atoms with Crippen molar-refractivity contribution in [3.05, 3.63) is 59.7 Å². The molecule has 18 heavy (non-hydrogen) atoms. The van der Waals surface area contributed by atoms with Gasteiger partial charge in [-0.1, -0.05) is 36.4 Å². The SMILES string of the molecule is COc1ccccc1[C@H]1NCc2ccccc2N1. The maximum absolute atomic E-state index is 5.41. The summed E-state index contributed by atoms with van der Waals surface area (Å²) in [6, 6.07) is 16.4. The quantitative estimate of drug-likeness (QED) is 0.846. The highest BCUT2D eigenvalue weighted by Crippen LogP contribution is 2.30. The molecule has 1 heterocycles. The fourth-order valence-corrected chi connectivity index (χ4v) is 2.33. The summed E-state index contributed by atoms with van der Waals surface area (Å²) in [4.78, 5) is 0. The Morgan fingerprint density at radius 2 is 1.83 bits per heavy atom. The van der Waals surface area contributed by atoms with Gasteiger partial charge in [0, 0.05) is 17.8 Å². The van der Waals surface area contributed by atoms with E-state index in [4.69, 9.17) is 4.74 Å². The van der Waals surface area contributed by atoms with Gasteiger partial charge in [-0.25, -0.2) is 0 Å². The van der Waals surface area contributed by atoms with Crippen molar-refractivity contribution in [2.75, 3.05) is 12.4 Å². The number of anilines is 1. The predicted molar refractivity (Wildman–Crippen MR) is 72.6 cm³/mol. The molecule has 2 N–H and O–H groups in total. The van der Waals surface area contributed by atoms with Crippen molar-refractivity contribution in [2.45, 2.75) is 12.7 Å². The fourth-order valence-electron chi connectivity index (χ4n) is 2.33. The summed E-state index contributed by atoms with van der Waals surface area (Å²) >= 11 is 0. The zero-order valence-electron chi connectivity index (χ0n) is 10.3. The van der Waals surface area contributed by atoms with Gasteiger partial charge in [-0.05, 0) is 17.7 Å². The standard InChI is InChI=1S/C15H16N2O/c1-18-14-9-5-3-7-12(14)15-16-10-11-6-2-4-8-13(11)17-15/h2-9,15-17H,10H2,1H3/t15-/m0/s1. The molecule has 0 bridgehead atoms. The van der Waals surface area contributed by atoms with Crippen LogP contribution in [0.5, 0.6) is 5.75 Å². The Kier molecular flexibility index (Phi) is 2.90. The second-order valence-electron chi connectivity index (χ2n) is 4.36. The molecule has 1 atom stereocenters. The molecule has 3 rings (SSSR count).